The van der Waals surface area contributed by atoms with Gasteiger partial charge in [0, 0.05) is 0 Å². The number of amides is 1. The number of aliphatic carboxylic acids is 1. The van der Waals surface area contributed by atoms with Crippen LogP contribution < -0.4 is 10.9 Å². The van der Waals surface area contributed by atoms with Gasteiger partial charge in [-0.1, -0.05) is 20.3 Å². The van der Waals surface area contributed by atoms with Gasteiger partial charge in [-0.15, -0.1) is 11.3 Å². The predicted molar refractivity (Wildman–Crippen MR) is 101 cm³/mol. The molecule has 0 aliphatic carbocycles. The van der Waals surface area contributed by atoms with Crippen molar-refractivity contribution in [2.24, 2.45) is 5.92 Å². The van der Waals surface area contributed by atoms with E-state index in [0.717, 1.165) is 11.3 Å². The molecule has 3 N–H and O–H groups in total. The zero-order valence-corrected chi connectivity index (χ0v) is 16.4. The normalized spacial score (nSPS) is 13.8. The molecule has 2 heterocycles. The Morgan fingerprint density at radius 3 is 2.58 bits per heavy atom. The number of carbonyl (C=O) groups is 2. The van der Waals surface area contributed by atoms with E-state index in [1.54, 1.807) is 13.8 Å². The number of carboxylic acids is 1. The number of aromatic nitrogens is 2. The minimum atomic E-state index is -1.07. The first-order valence-corrected chi connectivity index (χ1v) is 9.18. The van der Waals surface area contributed by atoms with E-state index in [2.05, 4.69) is 15.3 Å². The van der Waals surface area contributed by atoms with Crippen molar-refractivity contribution in [2.45, 2.75) is 39.8 Å². The van der Waals surface area contributed by atoms with Crippen molar-refractivity contribution in [3.05, 3.63) is 26.6 Å². The second-order valence-electron chi connectivity index (χ2n) is 6.66. The highest BCUT2D eigenvalue weighted by molar-refractivity contribution is 7.20. The number of carbonyl (C=O) groups excluding carboxylic acids is 1. The van der Waals surface area contributed by atoms with Crippen LogP contribution in [0.25, 0.3) is 10.2 Å². The smallest absolute Gasteiger partial charge is 0.326 e. The number of H-pyrrole nitrogens is 1. The van der Waals surface area contributed by atoms with Crippen LogP contribution in [0.5, 0.6) is 0 Å². The molecule has 0 aliphatic heterocycles. The Morgan fingerprint density at radius 2 is 2.04 bits per heavy atom. The standard InChI is InChI=1S/C17H24N4O4S/c1-6-8(2)12(17(24)25)20-15(23)13-9(3)11-14(22)18-10(7-21(4)5)19-16(11)26-13/h8,12H,6-7H2,1-5H3,(H,20,23)(H,24,25)(H,18,19,22). The lowest BCUT2D eigenvalue weighted by molar-refractivity contribution is -0.140. The third kappa shape index (κ3) is 4.10. The fraction of sp³-hybridized carbons (Fsp3) is 0.529. The van der Waals surface area contributed by atoms with E-state index in [4.69, 9.17) is 0 Å². The summed E-state index contributed by atoms with van der Waals surface area (Å²) in [5, 5.41) is 12.3. The van der Waals surface area contributed by atoms with Crippen LogP contribution in [0, 0.1) is 12.8 Å². The maximum Gasteiger partial charge on any atom is 0.326 e. The summed E-state index contributed by atoms with van der Waals surface area (Å²) in [7, 11) is 3.73. The molecule has 26 heavy (non-hydrogen) atoms. The number of aromatic amines is 1. The number of hydrogen-bond acceptors (Lipinski definition) is 6. The zero-order chi connectivity index (χ0) is 19.6. The minimum absolute atomic E-state index is 0.209. The lowest BCUT2D eigenvalue weighted by atomic mass is 9.99. The van der Waals surface area contributed by atoms with Crippen molar-refractivity contribution in [2.75, 3.05) is 14.1 Å². The highest BCUT2D eigenvalue weighted by Gasteiger charge is 2.28. The summed E-state index contributed by atoms with van der Waals surface area (Å²) in [5.74, 6) is -1.26. The van der Waals surface area contributed by atoms with Crippen LogP contribution in [0.2, 0.25) is 0 Å². The van der Waals surface area contributed by atoms with E-state index in [0.29, 0.717) is 39.4 Å². The molecule has 2 rings (SSSR count). The summed E-state index contributed by atoms with van der Waals surface area (Å²) in [6, 6.07) is -0.979. The molecule has 2 unspecified atom stereocenters. The van der Waals surface area contributed by atoms with Crippen molar-refractivity contribution < 1.29 is 14.7 Å². The Kier molecular flexibility index (Phi) is 6.14. The van der Waals surface area contributed by atoms with Crippen LogP contribution in [-0.4, -0.2) is 52.0 Å². The van der Waals surface area contributed by atoms with E-state index in [1.165, 1.54) is 0 Å². The fourth-order valence-corrected chi connectivity index (χ4v) is 3.77. The van der Waals surface area contributed by atoms with Crippen molar-refractivity contribution in [1.29, 1.82) is 0 Å². The average Bonchev–Trinajstić information content (AvgIpc) is 2.88. The number of nitrogens with one attached hydrogen (secondary N) is 2. The zero-order valence-electron chi connectivity index (χ0n) is 15.5. The molecule has 2 atom stereocenters. The number of hydrogen-bond donors (Lipinski definition) is 3. The molecule has 2 aromatic heterocycles. The van der Waals surface area contributed by atoms with Crippen LogP contribution in [0.1, 0.15) is 41.3 Å². The SMILES string of the molecule is CCC(C)C(NC(=O)c1sc2nc(CN(C)C)[nH]c(=O)c2c1C)C(=O)O. The number of thiophene rings is 1. The molecule has 1 amide bonds. The molecule has 142 valence electrons. The second kappa shape index (κ2) is 7.96. The summed E-state index contributed by atoms with van der Waals surface area (Å²) >= 11 is 1.11. The monoisotopic (exact) mass is 380 g/mol. The maximum absolute atomic E-state index is 12.6. The van der Waals surface area contributed by atoms with Crippen molar-refractivity contribution in [3.8, 4) is 0 Å². The van der Waals surface area contributed by atoms with Crippen molar-refractivity contribution >= 4 is 33.4 Å². The van der Waals surface area contributed by atoms with Gasteiger partial charge in [-0.2, -0.15) is 0 Å². The fourth-order valence-electron chi connectivity index (χ4n) is 2.67. The van der Waals surface area contributed by atoms with Crippen LogP contribution in [-0.2, 0) is 11.3 Å². The summed E-state index contributed by atoms with van der Waals surface area (Å²) in [6.07, 6.45) is 0.623. The lowest BCUT2D eigenvalue weighted by Gasteiger charge is -2.19. The Balaban J connectivity index is 2.42. The van der Waals surface area contributed by atoms with Gasteiger partial charge in [0.25, 0.3) is 11.5 Å². The number of aryl methyl sites for hydroxylation is 1. The highest BCUT2D eigenvalue weighted by Crippen LogP contribution is 2.27. The largest absolute Gasteiger partial charge is 0.480 e. The number of carboxylic acid groups (broad SMARTS) is 1. The van der Waals surface area contributed by atoms with Crippen LogP contribution >= 0.6 is 11.3 Å². The summed E-state index contributed by atoms with van der Waals surface area (Å²) in [4.78, 5) is 46.3. The minimum Gasteiger partial charge on any atom is -0.480 e. The average molecular weight is 380 g/mol. The summed E-state index contributed by atoms with van der Waals surface area (Å²) in [6.45, 7) is 5.79. The predicted octanol–water partition coefficient (Wildman–Crippen LogP) is 1.58. The second-order valence-corrected chi connectivity index (χ2v) is 7.66. The molecule has 2 aromatic rings. The van der Waals surface area contributed by atoms with Gasteiger partial charge in [-0.25, -0.2) is 9.78 Å². The summed E-state index contributed by atoms with van der Waals surface area (Å²) < 4.78 is 0. The highest BCUT2D eigenvalue weighted by atomic mass is 32.1. The van der Waals surface area contributed by atoms with Crippen LogP contribution in [0.4, 0.5) is 0 Å². The van der Waals surface area contributed by atoms with Gasteiger partial charge in [-0.3, -0.25) is 9.59 Å². The first-order chi connectivity index (χ1) is 12.1. The quantitative estimate of drug-likeness (QED) is 0.672. The first kappa shape index (κ1) is 20.1. The van der Waals surface area contributed by atoms with Gasteiger partial charge in [0.05, 0.1) is 16.8 Å². The van der Waals surface area contributed by atoms with E-state index in [-0.39, 0.29) is 11.5 Å². The molecule has 0 saturated heterocycles. The molecule has 9 heteroatoms. The molecule has 0 fully saturated rings. The third-order valence-electron chi connectivity index (χ3n) is 4.29. The van der Waals surface area contributed by atoms with Gasteiger partial charge < -0.3 is 20.3 Å². The molecule has 0 saturated carbocycles. The van der Waals surface area contributed by atoms with E-state index >= 15 is 0 Å². The molecular weight excluding hydrogens is 356 g/mol. The molecule has 0 aliphatic rings. The molecule has 0 aromatic carbocycles. The number of fused-ring (bicyclic) bond motifs is 1. The van der Waals surface area contributed by atoms with Crippen LogP contribution in [0.3, 0.4) is 0 Å². The Morgan fingerprint density at radius 1 is 1.38 bits per heavy atom. The van der Waals surface area contributed by atoms with Crippen LogP contribution in [0.15, 0.2) is 4.79 Å². The maximum atomic E-state index is 12.6. The van der Waals surface area contributed by atoms with Crippen molar-refractivity contribution in [1.82, 2.24) is 20.2 Å². The number of rotatable bonds is 7. The molecular formula is C17H24N4O4S. The van der Waals surface area contributed by atoms with Gasteiger partial charge in [0.2, 0.25) is 0 Å². The van der Waals surface area contributed by atoms with E-state index in [9.17, 15) is 19.5 Å². The van der Waals surface area contributed by atoms with E-state index in [1.807, 2.05) is 25.9 Å². The Bertz CT molecular complexity index is 887. The van der Waals surface area contributed by atoms with Gasteiger partial charge >= 0.3 is 5.97 Å². The van der Waals surface area contributed by atoms with Gasteiger partial charge in [0.1, 0.15) is 16.7 Å². The Labute approximate surface area is 155 Å². The summed E-state index contributed by atoms with van der Waals surface area (Å²) in [5.41, 5.74) is 0.220. The molecule has 0 spiro atoms. The van der Waals surface area contributed by atoms with Gasteiger partial charge in [0.15, 0.2) is 0 Å². The molecule has 0 radical (unpaired) electrons. The molecule has 8 nitrogen and oxygen atoms in total. The van der Waals surface area contributed by atoms with Gasteiger partial charge in [-0.05, 0) is 32.5 Å². The lowest BCUT2D eigenvalue weighted by Crippen LogP contribution is -2.44. The third-order valence-corrected chi connectivity index (χ3v) is 5.47. The Hall–Kier alpha value is -2.26. The first-order valence-electron chi connectivity index (χ1n) is 8.36. The number of nitrogens with zero attached hydrogens (tertiary/aromatic N) is 2. The van der Waals surface area contributed by atoms with Crippen molar-refractivity contribution in [3.63, 3.8) is 0 Å². The van der Waals surface area contributed by atoms with E-state index < -0.39 is 17.9 Å². The molecule has 0 bridgehead atoms. The topological polar surface area (TPSA) is 115 Å².